The average Bonchev–Trinajstić information content (AvgIpc) is 2.28. The lowest BCUT2D eigenvalue weighted by Gasteiger charge is -2.28. The Hall–Kier alpha value is -1.62. The number of nitrogens with zero attached hydrogens (tertiary/aromatic N) is 2. The van der Waals surface area contributed by atoms with Crippen molar-refractivity contribution in [3.63, 3.8) is 0 Å². The highest BCUT2D eigenvalue weighted by atomic mass is 16.3. The van der Waals surface area contributed by atoms with Crippen LogP contribution in [0.3, 0.4) is 0 Å². The van der Waals surface area contributed by atoms with Gasteiger partial charge in [0.25, 0.3) is 5.56 Å². The van der Waals surface area contributed by atoms with Crippen LogP contribution in [0.15, 0.2) is 29.2 Å². The summed E-state index contributed by atoms with van der Waals surface area (Å²) >= 11 is 0. The zero-order valence-electron chi connectivity index (χ0n) is 11.0. The molecule has 5 nitrogen and oxygen atoms in total. The van der Waals surface area contributed by atoms with E-state index < -0.39 is 6.10 Å². The van der Waals surface area contributed by atoms with Gasteiger partial charge in [-0.05, 0) is 26.8 Å². The molecule has 0 fully saturated rings. The summed E-state index contributed by atoms with van der Waals surface area (Å²) in [5.41, 5.74) is -0.202. The van der Waals surface area contributed by atoms with Gasteiger partial charge in [-0.3, -0.25) is 9.59 Å². The van der Waals surface area contributed by atoms with E-state index >= 15 is 0 Å². The number of aliphatic hydroxyl groups excluding tert-OH is 1. The maximum Gasteiger partial charge on any atom is 0.250 e. The molecule has 1 aromatic heterocycles. The maximum atomic E-state index is 12.1. The monoisotopic (exact) mass is 252 g/mol. The molecule has 0 saturated heterocycles. The standard InChI is InChI=1S/C13H20N2O3/c1-10(2)15(8-11(3)16)13(18)9-14-7-5-4-6-12(14)17/h4-7,10-11,16H,8-9H2,1-3H3. The Morgan fingerprint density at radius 2 is 2.06 bits per heavy atom. The first-order valence-electron chi connectivity index (χ1n) is 6.05. The Kier molecular flexibility index (Phi) is 5.09. The van der Waals surface area contributed by atoms with Gasteiger partial charge in [-0.15, -0.1) is 0 Å². The molecule has 1 rings (SSSR count). The number of aromatic nitrogens is 1. The highest BCUT2D eigenvalue weighted by molar-refractivity contribution is 5.76. The zero-order chi connectivity index (χ0) is 13.7. The van der Waals surface area contributed by atoms with E-state index in [1.165, 1.54) is 10.6 Å². The molecule has 0 aliphatic carbocycles. The number of pyridine rings is 1. The molecule has 1 aromatic rings. The highest BCUT2D eigenvalue weighted by Crippen LogP contribution is 2.02. The molecule has 1 amide bonds. The van der Waals surface area contributed by atoms with E-state index in [1.807, 2.05) is 13.8 Å². The van der Waals surface area contributed by atoms with E-state index in [-0.39, 0.29) is 30.6 Å². The maximum absolute atomic E-state index is 12.1. The third-order valence-electron chi connectivity index (χ3n) is 2.61. The smallest absolute Gasteiger partial charge is 0.250 e. The average molecular weight is 252 g/mol. The fourth-order valence-corrected chi connectivity index (χ4v) is 1.71. The Labute approximate surface area is 107 Å². The molecule has 0 bridgehead atoms. The first kappa shape index (κ1) is 14.4. The third-order valence-corrected chi connectivity index (χ3v) is 2.61. The SMILES string of the molecule is CC(O)CN(C(=O)Cn1ccccc1=O)C(C)C. The molecule has 0 radical (unpaired) electrons. The second-order valence-electron chi connectivity index (χ2n) is 4.66. The summed E-state index contributed by atoms with van der Waals surface area (Å²) in [5, 5.41) is 9.38. The van der Waals surface area contributed by atoms with Crippen LogP contribution in [0.25, 0.3) is 0 Å². The number of aliphatic hydroxyl groups is 1. The summed E-state index contributed by atoms with van der Waals surface area (Å²) in [5.74, 6) is -0.167. The predicted molar refractivity (Wildman–Crippen MR) is 69.2 cm³/mol. The molecule has 0 aliphatic rings. The van der Waals surface area contributed by atoms with Crippen LogP contribution in [0.4, 0.5) is 0 Å². The van der Waals surface area contributed by atoms with Crippen LogP contribution in [0, 0.1) is 0 Å². The van der Waals surface area contributed by atoms with Gasteiger partial charge in [0.1, 0.15) is 6.54 Å². The van der Waals surface area contributed by atoms with Crippen LogP contribution in [-0.4, -0.2) is 39.2 Å². The molecule has 100 valence electrons. The fraction of sp³-hybridized carbons (Fsp3) is 0.538. The topological polar surface area (TPSA) is 62.5 Å². The Balaban J connectivity index is 2.79. The molecule has 1 heterocycles. The predicted octanol–water partition coefficient (Wildman–Crippen LogP) is 0.466. The molecule has 5 heteroatoms. The molecule has 0 aromatic carbocycles. The summed E-state index contributed by atoms with van der Waals surface area (Å²) < 4.78 is 1.36. The summed E-state index contributed by atoms with van der Waals surface area (Å²) in [4.78, 5) is 25.2. The van der Waals surface area contributed by atoms with Crippen LogP contribution in [-0.2, 0) is 11.3 Å². The minimum Gasteiger partial charge on any atom is -0.392 e. The van der Waals surface area contributed by atoms with Crippen molar-refractivity contribution >= 4 is 5.91 Å². The van der Waals surface area contributed by atoms with Gasteiger partial charge in [0, 0.05) is 24.8 Å². The van der Waals surface area contributed by atoms with E-state index in [0.29, 0.717) is 0 Å². The quantitative estimate of drug-likeness (QED) is 0.828. The minimum atomic E-state index is -0.580. The zero-order valence-corrected chi connectivity index (χ0v) is 11.0. The van der Waals surface area contributed by atoms with E-state index in [2.05, 4.69) is 0 Å². The number of amides is 1. The number of carbonyl (C=O) groups is 1. The van der Waals surface area contributed by atoms with Gasteiger partial charge in [0.15, 0.2) is 0 Å². The van der Waals surface area contributed by atoms with Crippen LogP contribution in [0.2, 0.25) is 0 Å². The van der Waals surface area contributed by atoms with Gasteiger partial charge >= 0.3 is 0 Å². The van der Waals surface area contributed by atoms with Crippen LogP contribution in [0.1, 0.15) is 20.8 Å². The summed E-state index contributed by atoms with van der Waals surface area (Å²) in [6.45, 7) is 5.68. The Morgan fingerprint density at radius 3 is 2.56 bits per heavy atom. The van der Waals surface area contributed by atoms with Crippen LogP contribution >= 0.6 is 0 Å². The largest absolute Gasteiger partial charge is 0.392 e. The second-order valence-corrected chi connectivity index (χ2v) is 4.66. The minimum absolute atomic E-state index is 0.00454. The summed E-state index contributed by atoms with van der Waals surface area (Å²) in [6, 6.07) is 4.76. The van der Waals surface area contributed by atoms with Crippen molar-refractivity contribution in [3.8, 4) is 0 Å². The number of hydrogen-bond donors (Lipinski definition) is 1. The molecule has 1 unspecified atom stereocenters. The van der Waals surface area contributed by atoms with Crippen molar-refractivity contribution in [2.45, 2.75) is 39.5 Å². The van der Waals surface area contributed by atoms with Gasteiger partial charge in [0.2, 0.25) is 5.91 Å². The molecule has 1 N–H and O–H groups in total. The molecular weight excluding hydrogens is 232 g/mol. The number of carbonyl (C=O) groups excluding carboxylic acids is 1. The van der Waals surface area contributed by atoms with E-state index in [9.17, 15) is 14.7 Å². The Morgan fingerprint density at radius 1 is 1.39 bits per heavy atom. The second kappa shape index (κ2) is 6.35. The molecule has 1 atom stereocenters. The van der Waals surface area contributed by atoms with E-state index in [0.717, 1.165) is 0 Å². The van der Waals surface area contributed by atoms with Crippen molar-refractivity contribution in [1.29, 1.82) is 0 Å². The van der Waals surface area contributed by atoms with Gasteiger partial charge in [-0.25, -0.2) is 0 Å². The first-order valence-corrected chi connectivity index (χ1v) is 6.05. The van der Waals surface area contributed by atoms with Gasteiger partial charge in [-0.2, -0.15) is 0 Å². The highest BCUT2D eigenvalue weighted by Gasteiger charge is 2.18. The first-order chi connectivity index (χ1) is 8.41. The van der Waals surface area contributed by atoms with Crippen molar-refractivity contribution in [3.05, 3.63) is 34.7 Å². The van der Waals surface area contributed by atoms with Crippen LogP contribution in [0.5, 0.6) is 0 Å². The lowest BCUT2D eigenvalue weighted by atomic mass is 10.2. The molecule has 0 saturated carbocycles. The van der Waals surface area contributed by atoms with Crippen molar-refractivity contribution in [1.82, 2.24) is 9.47 Å². The van der Waals surface area contributed by atoms with E-state index in [4.69, 9.17) is 0 Å². The summed E-state index contributed by atoms with van der Waals surface area (Å²) in [7, 11) is 0. The lowest BCUT2D eigenvalue weighted by Crippen LogP contribution is -2.44. The Bertz CT molecular complexity index is 452. The molecule has 0 aliphatic heterocycles. The number of hydrogen-bond acceptors (Lipinski definition) is 3. The fourth-order valence-electron chi connectivity index (χ4n) is 1.71. The molecular formula is C13H20N2O3. The summed E-state index contributed by atoms with van der Waals surface area (Å²) in [6.07, 6.45) is 1.00. The third kappa shape index (κ3) is 4.00. The van der Waals surface area contributed by atoms with Gasteiger partial charge in [-0.1, -0.05) is 6.07 Å². The molecule has 18 heavy (non-hydrogen) atoms. The van der Waals surface area contributed by atoms with Gasteiger partial charge in [0.05, 0.1) is 6.10 Å². The van der Waals surface area contributed by atoms with E-state index in [1.54, 1.807) is 30.2 Å². The molecule has 0 spiro atoms. The van der Waals surface area contributed by atoms with Crippen LogP contribution < -0.4 is 5.56 Å². The lowest BCUT2D eigenvalue weighted by molar-refractivity contribution is -0.135. The van der Waals surface area contributed by atoms with Crippen molar-refractivity contribution < 1.29 is 9.90 Å². The normalized spacial score (nSPS) is 12.5. The van der Waals surface area contributed by atoms with Gasteiger partial charge < -0.3 is 14.6 Å². The van der Waals surface area contributed by atoms with Crippen molar-refractivity contribution in [2.24, 2.45) is 0 Å². The number of rotatable bonds is 5. The van der Waals surface area contributed by atoms with Crippen molar-refractivity contribution in [2.75, 3.05) is 6.54 Å².